The molecule has 174 valence electrons. The molecule has 2 fully saturated rings. The Hall–Kier alpha value is -3.15. The molecular formula is C27H33N3O3. The molecule has 1 atom stereocenters. The molecule has 6 nitrogen and oxygen atoms in total. The lowest BCUT2D eigenvalue weighted by atomic mass is 10.0. The first kappa shape index (κ1) is 23.0. The van der Waals surface area contributed by atoms with Gasteiger partial charge in [0.1, 0.15) is 0 Å². The maximum Gasteiger partial charge on any atom is 0.251 e. The van der Waals surface area contributed by atoms with Gasteiger partial charge in [-0.3, -0.25) is 14.4 Å². The number of nitrogens with one attached hydrogen (secondary N) is 1. The molecule has 0 aliphatic carbocycles. The predicted octanol–water partition coefficient (Wildman–Crippen LogP) is 3.72. The van der Waals surface area contributed by atoms with Crippen LogP contribution < -0.4 is 5.32 Å². The Morgan fingerprint density at radius 2 is 1.52 bits per heavy atom. The van der Waals surface area contributed by atoms with Crippen molar-refractivity contribution in [1.29, 1.82) is 0 Å². The van der Waals surface area contributed by atoms with Crippen LogP contribution >= 0.6 is 0 Å². The van der Waals surface area contributed by atoms with Crippen molar-refractivity contribution in [2.75, 3.05) is 19.6 Å². The summed E-state index contributed by atoms with van der Waals surface area (Å²) in [6.07, 6.45) is 1.75. The highest BCUT2D eigenvalue weighted by molar-refractivity contribution is 5.95. The van der Waals surface area contributed by atoms with Crippen LogP contribution in [-0.4, -0.2) is 58.7 Å². The lowest BCUT2D eigenvalue weighted by Gasteiger charge is -2.35. The minimum Gasteiger partial charge on any atom is -0.349 e. The van der Waals surface area contributed by atoms with Gasteiger partial charge in [-0.25, -0.2) is 0 Å². The van der Waals surface area contributed by atoms with Crippen LogP contribution in [0.15, 0.2) is 54.6 Å². The van der Waals surface area contributed by atoms with E-state index in [0.717, 1.165) is 24.0 Å². The molecule has 4 rings (SSSR count). The van der Waals surface area contributed by atoms with Gasteiger partial charge in [0, 0.05) is 43.2 Å². The van der Waals surface area contributed by atoms with Gasteiger partial charge >= 0.3 is 0 Å². The predicted molar refractivity (Wildman–Crippen MR) is 129 cm³/mol. The quantitative estimate of drug-likeness (QED) is 0.777. The van der Waals surface area contributed by atoms with Gasteiger partial charge in [-0.1, -0.05) is 42.5 Å². The van der Waals surface area contributed by atoms with Crippen molar-refractivity contribution in [1.82, 2.24) is 15.1 Å². The van der Waals surface area contributed by atoms with Crippen molar-refractivity contribution in [3.05, 3.63) is 60.2 Å². The maximum absolute atomic E-state index is 13.0. The van der Waals surface area contributed by atoms with Crippen molar-refractivity contribution in [3.8, 4) is 11.1 Å². The van der Waals surface area contributed by atoms with E-state index >= 15 is 0 Å². The van der Waals surface area contributed by atoms with Gasteiger partial charge in [0.25, 0.3) is 5.91 Å². The maximum atomic E-state index is 13.0. The minimum atomic E-state index is -0.261. The normalized spacial score (nSPS) is 19.6. The number of hydrogen-bond donors (Lipinski definition) is 1. The standard InChI is InChI=1S/C27H33N3O3/c1-27(2,3)30-18-22(17-24(30)31)26(33)29-15-13-23(14-16-29)28-25(32)21-11-9-20(10-12-21)19-7-5-4-6-8-19/h4-12,22-23H,13-18H2,1-3H3,(H,28,32). The van der Waals surface area contributed by atoms with E-state index in [0.29, 0.717) is 31.6 Å². The molecule has 0 saturated carbocycles. The van der Waals surface area contributed by atoms with Gasteiger partial charge in [0.05, 0.1) is 5.92 Å². The lowest BCUT2D eigenvalue weighted by Crippen LogP contribution is -2.48. The van der Waals surface area contributed by atoms with Gasteiger partial charge in [-0.2, -0.15) is 0 Å². The van der Waals surface area contributed by atoms with E-state index in [2.05, 4.69) is 5.32 Å². The van der Waals surface area contributed by atoms with Crippen LogP contribution in [0.1, 0.15) is 50.4 Å². The molecule has 2 aliphatic heterocycles. The van der Waals surface area contributed by atoms with Crippen LogP contribution in [-0.2, 0) is 9.59 Å². The van der Waals surface area contributed by atoms with Crippen molar-refractivity contribution >= 4 is 17.7 Å². The SMILES string of the molecule is CC(C)(C)N1CC(C(=O)N2CCC(NC(=O)c3ccc(-c4ccccc4)cc3)CC2)CC1=O. The number of amides is 3. The first-order chi connectivity index (χ1) is 15.7. The fourth-order valence-corrected chi connectivity index (χ4v) is 4.74. The fourth-order valence-electron chi connectivity index (χ4n) is 4.74. The zero-order valence-corrected chi connectivity index (χ0v) is 19.7. The van der Waals surface area contributed by atoms with Crippen molar-refractivity contribution in [3.63, 3.8) is 0 Å². The smallest absolute Gasteiger partial charge is 0.251 e. The van der Waals surface area contributed by atoms with Crippen LogP contribution in [0.2, 0.25) is 0 Å². The van der Waals surface area contributed by atoms with Crippen molar-refractivity contribution in [2.24, 2.45) is 5.92 Å². The second kappa shape index (κ2) is 9.38. The third-order valence-corrected chi connectivity index (χ3v) is 6.68. The summed E-state index contributed by atoms with van der Waals surface area (Å²) in [6.45, 7) is 7.72. The topological polar surface area (TPSA) is 69.7 Å². The van der Waals surface area contributed by atoms with Crippen molar-refractivity contribution < 1.29 is 14.4 Å². The van der Waals surface area contributed by atoms with Crippen LogP contribution in [0.25, 0.3) is 11.1 Å². The first-order valence-corrected chi connectivity index (χ1v) is 11.8. The Balaban J connectivity index is 1.27. The molecule has 1 unspecified atom stereocenters. The Morgan fingerprint density at radius 3 is 2.09 bits per heavy atom. The largest absolute Gasteiger partial charge is 0.349 e. The number of likely N-dealkylation sites (tertiary alicyclic amines) is 2. The zero-order chi connectivity index (χ0) is 23.6. The lowest BCUT2D eigenvalue weighted by molar-refractivity contribution is -0.136. The summed E-state index contributed by atoms with van der Waals surface area (Å²) in [5.74, 6) is -0.217. The molecule has 2 aromatic rings. The molecular weight excluding hydrogens is 414 g/mol. The van der Waals surface area contributed by atoms with Gasteiger partial charge in [-0.15, -0.1) is 0 Å². The van der Waals surface area contributed by atoms with E-state index in [-0.39, 0.29) is 35.2 Å². The summed E-state index contributed by atoms with van der Waals surface area (Å²) in [5.41, 5.74) is 2.58. The Bertz CT molecular complexity index is 1000. The Labute approximate surface area is 196 Å². The molecule has 33 heavy (non-hydrogen) atoms. The molecule has 2 saturated heterocycles. The summed E-state index contributed by atoms with van der Waals surface area (Å²) in [4.78, 5) is 41.7. The molecule has 1 N–H and O–H groups in total. The number of nitrogens with zero attached hydrogens (tertiary/aromatic N) is 2. The molecule has 6 heteroatoms. The zero-order valence-electron chi connectivity index (χ0n) is 19.7. The highest BCUT2D eigenvalue weighted by Crippen LogP contribution is 2.28. The average Bonchev–Trinajstić information content (AvgIpc) is 3.22. The van der Waals surface area contributed by atoms with Crippen LogP contribution in [0, 0.1) is 5.92 Å². The summed E-state index contributed by atoms with van der Waals surface area (Å²) in [7, 11) is 0. The number of hydrogen-bond acceptors (Lipinski definition) is 3. The summed E-state index contributed by atoms with van der Waals surface area (Å²) >= 11 is 0. The molecule has 0 radical (unpaired) electrons. The molecule has 2 aliphatic rings. The molecule has 0 aromatic heterocycles. The minimum absolute atomic E-state index is 0.0478. The monoisotopic (exact) mass is 447 g/mol. The molecule has 3 amide bonds. The summed E-state index contributed by atoms with van der Waals surface area (Å²) in [5, 5.41) is 3.12. The van der Waals surface area contributed by atoms with Crippen molar-refractivity contribution in [2.45, 2.75) is 51.6 Å². The van der Waals surface area contributed by atoms with Crippen LogP contribution in [0.4, 0.5) is 0 Å². The number of piperidine rings is 1. The molecule has 0 spiro atoms. The van der Waals surface area contributed by atoms with Crippen LogP contribution in [0.3, 0.4) is 0 Å². The van der Waals surface area contributed by atoms with Crippen LogP contribution in [0.5, 0.6) is 0 Å². The number of carbonyl (C=O) groups is 3. The average molecular weight is 448 g/mol. The van der Waals surface area contributed by atoms with E-state index in [1.54, 1.807) is 0 Å². The summed E-state index contributed by atoms with van der Waals surface area (Å²) in [6, 6.07) is 17.8. The third kappa shape index (κ3) is 5.27. The van der Waals surface area contributed by atoms with E-state index in [1.165, 1.54) is 0 Å². The van der Waals surface area contributed by atoms with E-state index in [4.69, 9.17) is 0 Å². The molecule has 2 heterocycles. The third-order valence-electron chi connectivity index (χ3n) is 6.68. The first-order valence-electron chi connectivity index (χ1n) is 11.8. The van der Waals surface area contributed by atoms with E-state index in [1.807, 2.05) is 85.2 Å². The van der Waals surface area contributed by atoms with E-state index < -0.39 is 0 Å². The second-order valence-corrected chi connectivity index (χ2v) is 10.1. The highest BCUT2D eigenvalue weighted by atomic mass is 16.2. The number of rotatable bonds is 4. The number of carbonyl (C=O) groups excluding carboxylic acids is 3. The second-order valence-electron chi connectivity index (χ2n) is 10.1. The van der Waals surface area contributed by atoms with Gasteiger partial charge in [-0.05, 0) is 56.9 Å². The van der Waals surface area contributed by atoms with Gasteiger partial charge in [0.2, 0.25) is 11.8 Å². The summed E-state index contributed by atoms with van der Waals surface area (Å²) < 4.78 is 0. The van der Waals surface area contributed by atoms with Gasteiger partial charge < -0.3 is 15.1 Å². The molecule has 2 aromatic carbocycles. The molecule has 0 bridgehead atoms. The number of benzene rings is 2. The Morgan fingerprint density at radius 1 is 0.909 bits per heavy atom. The Kier molecular flexibility index (Phi) is 6.54. The highest BCUT2D eigenvalue weighted by Gasteiger charge is 2.41. The van der Waals surface area contributed by atoms with E-state index in [9.17, 15) is 14.4 Å². The van der Waals surface area contributed by atoms with Gasteiger partial charge in [0.15, 0.2) is 0 Å². The fraction of sp³-hybridized carbons (Fsp3) is 0.444.